The van der Waals surface area contributed by atoms with Crippen molar-refractivity contribution < 1.29 is 29.0 Å². The third-order valence-corrected chi connectivity index (χ3v) is 6.28. The van der Waals surface area contributed by atoms with Crippen LogP contribution in [0.4, 0.5) is 9.59 Å². The zero-order valence-corrected chi connectivity index (χ0v) is 24.4. The second kappa shape index (κ2) is 15.5. The molecular formula is C30H43N5O6. The lowest BCUT2D eigenvalue weighted by molar-refractivity contribution is -0.131. The minimum Gasteiger partial charge on any atom is -0.465 e. The van der Waals surface area contributed by atoms with E-state index in [-0.39, 0.29) is 25.9 Å². The highest BCUT2D eigenvalue weighted by Gasteiger charge is 2.32. The van der Waals surface area contributed by atoms with Gasteiger partial charge in [-0.15, -0.1) is 13.2 Å². The van der Waals surface area contributed by atoms with Gasteiger partial charge >= 0.3 is 12.2 Å². The number of nitrogens with zero attached hydrogens (tertiary/aromatic N) is 2. The molecule has 2 atom stereocenters. The lowest BCUT2D eigenvalue weighted by Gasteiger charge is -2.29. The first kappa shape index (κ1) is 32.9. The van der Waals surface area contributed by atoms with Crippen LogP contribution in [0.3, 0.4) is 0 Å². The van der Waals surface area contributed by atoms with Crippen molar-refractivity contribution >= 4 is 34.9 Å². The van der Waals surface area contributed by atoms with E-state index >= 15 is 0 Å². The van der Waals surface area contributed by atoms with Gasteiger partial charge in [-0.05, 0) is 51.7 Å². The van der Waals surface area contributed by atoms with Crippen LogP contribution >= 0.6 is 0 Å². The van der Waals surface area contributed by atoms with Crippen molar-refractivity contribution in [1.82, 2.24) is 25.4 Å². The molecule has 0 aliphatic carbocycles. The molecule has 11 nitrogen and oxygen atoms in total. The summed E-state index contributed by atoms with van der Waals surface area (Å²) in [5.41, 5.74) is 1.23. The summed E-state index contributed by atoms with van der Waals surface area (Å²) < 4.78 is 7.17. The number of alkyl carbamates (subject to hydrolysis) is 1. The number of carbonyl (C=O) groups excluding carboxylic acids is 3. The predicted octanol–water partition coefficient (Wildman–Crippen LogP) is 3.74. The average Bonchev–Trinajstić information content (AvgIpc) is 3.21. The molecular weight excluding hydrogens is 526 g/mol. The number of rotatable bonds is 15. The number of nitrogens with one attached hydrogen (secondary N) is 3. The average molecular weight is 570 g/mol. The molecule has 0 bridgehead atoms. The molecule has 0 radical (unpaired) electrons. The molecule has 2 rings (SSSR count). The molecule has 0 saturated heterocycles. The molecule has 0 unspecified atom stereocenters. The second-order valence-corrected chi connectivity index (χ2v) is 10.7. The summed E-state index contributed by atoms with van der Waals surface area (Å²) in [6, 6.07) is 5.73. The van der Waals surface area contributed by atoms with Crippen molar-refractivity contribution in [2.75, 3.05) is 19.6 Å². The first-order valence-electron chi connectivity index (χ1n) is 13.7. The largest absolute Gasteiger partial charge is 0.465 e. The Morgan fingerprint density at radius 1 is 1.07 bits per heavy atom. The predicted molar refractivity (Wildman–Crippen MR) is 159 cm³/mol. The maximum Gasteiger partial charge on any atom is 0.408 e. The molecule has 41 heavy (non-hydrogen) atoms. The Hall–Kier alpha value is -4.28. The Labute approximate surface area is 241 Å². The van der Waals surface area contributed by atoms with Gasteiger partial charge in [0.2, 0.25) is 11.8 Å². The summed E-state index contributed by atoms with van der Waals surface area (Å²) in [5.74, 6) is -0.995. The molecule has 1 aromatic heterocycles. The molecule has 2 aromatic rings. The van der Waals surface area contributed by atoms with Crippen molar-refractivity contribution in [3.8, 4) is 0 Å². The Morgan fingerprint density at radius 3 is 2.41 bits per heavy atom. The number of carboxylic acid groups (broad SMARTS) is 1. The second-order valence-electron chi connectivity index (χ2n) is 10.7. The molecule has 0 saturated carbocycles. The molecule has 0 aliphatic rings. The summed E-state index contributed by atoms with van der Waals surface area (Å²) in [5, 5.41) is 19.0. The van der Waals surface area contributed by atoms with Crippen molar-refractivity contribution in [3.05, 3.63) is 61.3 Å². The van der Waals surface area contributed by atoms with Crippen LogP contribution in [-0.4, -0.2) is 75.9 Å². The number of hydrogen-bond donors (Lipinski definition) is 4. The topological polar surface area (TPSA) is 142 Å². The lowest BCUT2D eigenvalue weighted by atomic mass is 10.0. The van der Waals surface area contributed by atoms with E-state index < -0.39 is 41.7 Å². The number of fused-ring (bicyclic) bond motifs is 1. The number of amides is 4. The van der Waals surface area contributed by atoms with Crippen molar-refractivity contribution in [1.29, 1.82) is 0 Å². The van der Waals surface area contributed by atoms with Gasteiger partial charge < -0.3 is 30.4 Å². The Morgan fingerprint density at radius 2 is 1.78 bits per heavy atom. The van der Waals surface area contributed by atoms with Gasteiger partial charge in [0.25, 0.3) is 0 Å². The maximum atomic E-state index is 13.6. The number of benzene rings is 1. The van der Waals surface area contributed by atoms with Crippen LogP contribution < -0.4 is 16.0 Å². The Balaban J connectivity index is 2.20. The van der Waals surface area contributed by atoms with E-state index in [1.54, 1.807) is 26.8 Å². The summed E-state index contributed by atoms with van der Waals surface area (Å²) in [4.78, 5) is 51.7. The molecule has 4 N–H and O–H groups in total. The van der Waals surface area contributed by atoms with Gasteiger partial charge in [0.05, 0.1) is 0 Å². The number of hydrogen-bond acceptors (Lipinski definition) is 5. The van der Waals surface area contributed by atoms with Crippen LogP contribution in [0, 0.1) is 0 Å². The van der Waals surface area contributed by atoms with E-state index in [0.717, 1.165) is 21.4 Å². The summed E-state index contributed by atoms with van der Waals surface area (Å²) in [6.07, 6.45) is 4.35. The fraction of sp³-hybridized carbons (Fsp3) is 0.467. The van der Waals surface area contributed by atoms with Gasteiger partial charge in [0.1, 0.15) is 17.7 Å². The van der Waals surface area contributed by atoms with Crippen LogP contribution in [0.2, 0.25) is 0 Å². The summed E-state index contributed by atoms with van der Waals surface area (Å²) >= 11 is 0. The van der Waals surface area contributed by atoms with Crippen LogP contribution in [0.15, 0.2) is 55.8 Å². The van der Waals surface area contributed by atoms with E-state index in [2.05, 4.69) is 29.1 Å². The van der Waals surface area contributed by atoms with Crippen LogP contribution in [0.1, 0.15) is 45.6 Å². The van der Waals surface area contributed by atoms with E-state index in [1.165, 1.54) is 6.08 Å². The third-order valence-electron chi connectivity index (χ3n) is 6.28. The fourth-order valence-corrected chi connectivity index (χ4v) is 4.45. The maximum absolute atomic E-state index is 13.6. The van der Waals surface area contributed by atoms with Gasteiger partial charge in [-0.1, -0.05) is 30.4 Å². The van der Waals surface area contributed by atoms with Crippen molar-refractivity contribution in [2.24, 2.45) is 7.05 Å². The Kier molecular flexibility index (Phi) is 12.4. The molecule has 224 valence electrons. The smallest absolute Gasteiger partial charge is 0.408 e. The van der Waals surface area contributed by atoms with E-state index in [0.29, 0.717) is 19.4 Å². The molecule has 1 aromatic carbocycles. The number of aromatic nitrogens is 1. The summed E-state index contributed by atoms with van der Waals surface area (Å²) in [6.45, 7) is 13.0. The molecule has 4 amide bonds. The van der Waals surface area contributed by atoms with Crippen LogP contribution in [0.25, 0.3) is 10.9 Å². The Bertz CT molecular complexity index is 1230. The zero-order valence-electron chi connectivity index (χ0n) is 24.4. The van der Waals surface area contributed by atoms with Gasteiger partial charge in [-0.3, -0.25) is 14.5 Å². The van der Waals surface area contributed by atoms with Crippen LogP contribution in [0.5, 0.6) is 0 Å². The van der Waals surface area contributed by atoms with Gasteiger partial charge in [0, 0.05) is 50.2 Å². The molecule has 0 spiro atoms. The zero-order chi connectivity index (χ0) is 30.6. The number of aryl methyl sites for hydroxylation is 1. The highest BCUT2D eigenvalue weighted by atomic mass is 16.6. The quantitative estimate of drug-likeness (QED) is 0.190. The third kappa shape index (κ3) is 10.3. The minimum atomic E-state index is -1.28. The first-order valence-corrected chi connectivity index (χ1v) is 13.7. The van der Waals surface area contributed by atoms with Crippen molar-refractivity contribution in [3.63, 3.8) is 0 Å². The van der Waals surface area contributed by atoms with Crippen molar-refractivity contribution in [2.45, 2.75) is 64.1 Å². The van der Waals surface area contributed by atoms with Gasteiger partial charge in [0.15, 0.2) is 0 Å². The molecule has 0 fully saturated rings. The van der Waals surface area contributed by atoms with E-state index in [1.807, 2.05) is 42.1 Å². The number of ether oxygens (including phenoxy) is 1. The number of unbranched alkanes of at least 4 members (excludes halogenated alkanes) is 1. The van der Waals surface area contributed by atoms with Gasteiger partial charge in [-0.25, -0.2) is 9.59 Å². The lowest BCUT2D eigenvalue weighted by Crippen LogP contribution is -2.55. The molecule has 0 aliphatic heterocycles. The fourth-order valence-electron chi connectivity index (χ4n) is 4.45. The minimum absolute atomic E-state index is 0.0692. The van der Waals surface area contributed by atoms with Gasteiger partial charge in [-0.2, -0.15) is 0 Å². The highest BCUT2D eigenvalue weighted by Crippen LogP contribution is 2.22. The molecule has 1 heterocycles. The van der Waals surface area contributed by atoms with Crippen LogP contribution in [-0.2, 0) is 27.8 Å². The SMILES string of the molecule is C=CCNC(=O)[C@H](Cc1cn(C)c2ccccc12)NC(=O)[C@H](CCCCNC(=O)OC(C)(C)C)N(CC=C)C(=O)O. The monoisotopic (exact) mass is 569 g/mol. The number of para-hydroxylation sites is 1. The molecule has 11 heteroatoms. The highest BCUT2D eigenvalue weighted by molar-refractivity contribution is 5.92. The van der Waals surface area contributed by atoms with E-state index in [9.17, 15) is 24.3 Å². The van der Waals surface area contributed by atoms with E-state index in [4.69, 9.17) is 4.74 Å². The standard InChI is InChI=1S/C30H43N5O6/c1-7-16-31-26(36)23(19-21-20-34(6)24-14-10-9-13-22(21)24)33-27(37)25(35(18-8-2)29(39)40)15-11-12-17-32-28(38)41-30(3,4)5/h7-10,13-14,20,23,25H,1-2,11-12,15-19H2,3-6H3,(H,31,36)(H,32,38)(H,33,37)(H,39,40)/t23-,25-/m0/s1. The number of carbonyl (C=O) groups is 4. The summed E-state index contributed by atoms with van der Waals surface area (Å²) in [7, 11) is 1.91. The normalized spacial score (nSPS) is 12.6. The first-order chi connectivity index (χ1) is 19.4.